The van der Waals surface area contributed by atoms with Crippen molar-refractivity contribution in [2.75, 3.05) is 13.2 Å². The zero-order valence-corrected chi connectivity index (χ0v) is 11.5. The summed E-state index contributed by atoms with van der Waals surface area (Å²) in [5, 5.41) is 3.72. The number of hydrogen-bond acceptors (Lipinski definition) is 2. The predicted molar refractivity (Wildman–Crippen MR) is 69.7 cm³/mol. The van der Waals surface area contributed by atoms with Crippen molar-refractivity contribution < 1.29 is 4.74 Å². The first-order valence-corrected chi connectivity index (χ1v) is 6.96. The van der Waals surface area contributed by atoms with Crippen molar-refractivity contribution in [2.45, 2.75) is 71.4 Å². The third kappa shape index (κ3) is 4.42. The van der Waals surface area contributed by atoms with E-state index >= 15 is 0 Å². The van der Waals surface area contributed by atoms with Crippen LogP contribution in [0.3, 0.4) is 0 Å². The zero-order chi connectivity index (χ0) is 12.0. The van der Waals surface area contributed by atoms with Crippen LogP contribution in [0.15, 0.2) is 0 Å². The van der Waals surface area contributed by atoms with Gasteiger partial charge in [0.05, 0.1) is 5.60 Å². The fraction of sp³-hybridized carbons (Fsp3) is 1.00. The third-order valence-electron chi connectivity index (χ3n) is 3.56. The van der Waals surface area contributed by atoms with E-state index in [0.717, 1.165) is 19.1 Å². The molecule has 0 bridgehead atoms. The lowest BCUT2D eigenvalue weighted by molar-refractivity contribution is -0.0787. The molecule has 0 aromatic rings. The van der Waals surface area contributed by atoms with Crippen LogP contribution in [0.1, 0.15) is 59.8 Å². The molecule has 0 radical (unpaired) electrons. The average Bonchev–Trinajstić information content (AvgIpc) is 2.22. The van der Waals surface area contributed by atoms with E-state index in [4.69, 9.17) is 4.74 Å². The highest BCUT2D eigenvalue weighted by Gasteiger charge is 2.32. The summed E-state index contributed by atoms with van der Waals surface area (Å²) in [6, 6.07) is 0.702. The lowest BCUT2D eigenvalue weighted by Crippen LogP contribution is -2.44. The van der Waals surface area contributed by atoms with E-state index in [2.05, 4.69) is 33.0 Å². The highest BCUT2D eigenvalue weighted by molar-refractivity contribution is 4.85. The van der Waals surface area contributed by atoms with Gasteiger partial charge in [-0.1, -0.05) is 20.3 Å². The van der Waals surface area contributed by atoms with Crippen molar-refractivity contribution in [3.63, 3.8) is 0 Å². The van der Waals surface area contributed by atoms with Gasteiger partial charge in [0, 0.05) is 12.6 Å². The van der Waals surface area contributed by atoms with E-state index < -0.39 is 0 Å². The Labute approximate surface area is 101 Å². The summed E-state index contributed by atoms with van der Waals surface area (Å²) in [5.41, 5.74) is 0.0861. The fourth-order valence-corrected chi connectivity index (χ4v) is 2.77. The van der Waals surface area contributed by atoms with Crippen molar-refractivity contribution in [1.82, 2.24) is 5.32 Å². The summed E-state index contributed by atoms with van der Waals surface area (Å²) in [5.74, 6) is 0.801. The van der Waals surface area contributed by atoms with Crippen LogP contribution < -0.4 is 5.32 Å². The van der Waals surface area contributed by atoms with Gasteiger partial charge in [0.15, 0.2) is 0 Å². The van der Waals surface area contributed by atoms with Crippen LogP contribution in [0.25, 0.3) is 0 Å². The Morgan fingerprint density at radius 3 is 2.62 bits per heavy atom. The molecule has 0 spiro atoms. The Hall–Kier alpha value is -0.0800. The van der Waals surface area contributed by atoms with E-state index in [0.29, 0.717) is 6.04 Å². The maximum atomic E-state index is 5.80. The first kappa shape index (κ1) is 14.0. The minimum absolute atomic E-state index is 0.0861. The molecule has 2 nitrogen and oxygen atoms in total. The van der Waals surface area contributed by atoms with E-state index in [9.17, 15) is 0 Å². The molecule has 0 amide bonds. The summed E-state index contributed by atoms with van der Waals surface area (Å²) >= 11 is 0. The van der Waals surface area contributed by atoms with Crippen molar-refractivity contribution in [2.24, 2.45) is 5.92 Å². The maximum Gasteiger partial charge on any atom is 0.0629 e. The molecule has 0 saturated carbocycles. The van der Waals surface area contributed by atoms with Gasteiger partial charge >= 0.3 is 0 Å². The second-order valence-corrected chi connectivity index (χ2v) is 5.71. The van der Waals surface area contributed by atoms with Crippen LogP contribution in [0.4, 0.5) is 0 Å². The minimum atomic E-state index is 0.0861. The molecule has 1 heterocycles. The number of hydrogen-bond donors (Lipinski definition) is 1. The maximum absolute atomic E-state index is 5.80. The Kier molecular flexibility index (Phi) is 5.77. The molecule has 0 aromatic carbocycles. The number of rotatable bonds is 6. The van der Waals surface area contributed by atoms with Gasteiger partial charge in [0.1, 0.15) is 0 Å². The molecule has 1 aliphatic heterocycles. The molecular formula is C14H29NO. The van der Waals surface area contributed by atoms with Crippen molar-refractivity contribution >= 4 is 0 Å². The Morgan fingerprint density at radius 1 is 1.31 bits per heavy atom. The topological polar surface area (TPSA) is 21.3 Å². The number of nitrogens with one attached hydrogen (secondary N) is 1. The summed E-state index contributed by atoms with van der Waals surface area (Å²) in [6.07, 6.45) is 6.24. The molecule has 96 valence electrons. The van der Waals surface area contributed by atoms with Gasteiger partial charge in [0.2, 0.25) is 0 Å². The molecule has 0 aromatic heterocycles. The van der Waals surface area contributed by atoms with Crippen LogP contribution in [0.2, 0.25) is 0 Å². The smallest absolute Gasteiger partial charge is 0.0629 e. The summed E-state index contributed by atoms with van der Waals surface area (Å²) in [6.45, 7) is 11.1. The highest BCUT2D eigenvalue weighted by Crippen LogP contribution is 2.31. The molecule has 0 aliphatic carbocycles. The Bertz CT molecular complexity index is 191. The Balaban J connectivity index is 2.48. The standard InChI is InChI=1S/C14H29NO/c1-5-7-13(15-9-6-2)12-8-10-16-14(3,4)11-12/h12-13,15H,5-11H2,1-4H3. The van der Waals surface area contributed by atoms with Gasteiger partial charge in [-0.2, -0.15) is 0 Å². The molecule has 2 atom stereocenters. The molecule has 1 rings (SSSR count). The van der Waals surface area contributed by atoms with Crippen molar-refractivity contribution in [3.8, 4) is 0 Å². The monoisotopic (exact) mass is 227 g/mol. The van der Waals surface area contributed by atoms with Gasteiger partial charge in [-0.25, -0.2) is 0 Å². The van der Waals surface area contributed by atoms with Gasteiger partial charge in [-0.15, -0.1) is 0 Å². The molecule has 1 N–H and O–H groups in total. The first-order chi connectivity index (χ1) is 7.59. The minimum Gasteiger partial charge on any atom is -0.376 e. The van der Waals surface area contributed by atoms with Gasteiger partial charge < -0.3 is 10.1 Å². The average molecular weight is 227 g/mol. The molecule has 2 heteroatoms. The quantitative estimate of drug-likeness (QED) is 0.751. The zero-order valence-electron chi connectivity index (χ0n) is 11.5. The van der Waals surface area contributed by atoms with E-state index in [1.54, 1.807) is 0 Å². The van der Waals surface area contributed by atoms with Crippen LogP contribution >= 0.6 is 0 Å². The van der Waals surface area contributed by atoms with Crippen molar-refractivity contribution in [3.05, 3.63) is 0 Å². The van der Waals surface area contributed by atoms with E-state index in [-0.39, 0.29) is 5.60 Å². The molecule has 1 fully saturated rings. The number of ether oxygens (including phenoxy) is 1. The van der Waals surface area contributed by atoms with E-state index in [1.807, 2.05) is 0 Å². The van der Waals surface area contributed by atoms with Crippen molar-refractivity contribution in [1.29, 1.82) is 0 Å². The summed E-state index contributed by atoms with van der Waals surface area (Å²) in [4.78, 5) is 0. The first-order valence-electron chi connectivity index (χ1n) is 6.96. The van der Waals surface area contributed by atoms with Crippen LogP contribution in [-0.2, 0) is 4.74 Å². The lowest BCUT2D eigenvalue weighted by Gasteiger charge is -2.39. The third-order valence-corrected chi connectivity index (χ3v) is 3.56. The van der Waals surface area contributed by atoms with E-state index in [1.165, 1.54) is 32.1 Å². The molecule has 1 aliphatic rings. The predicted octanol–water partition coefficient (Wildman–Crippen LogP) is 3.36. The van der Waals surface area contributed by atoms with Gasteiger partial charge in [-0.05, 0) is 52.0 Å². The van der Waals surface area contributed by atoms with Gasteiger partial charge in [-0.3, -0.25) is 0 Å². The molecule has 1 saturated heterocycles. The molecular weight excluding hydrogens is 198 g/mol. The normalized spacial score (nSPS) is 26.6. The fourth-order valence-electron chi connectivity index (χ4n) is 2.77. The lowest BCUT2D eigenvalue weighted by atomic mass is 9.82. The summed E-state index contributed by atoms with van der Waals surface area (Å²) < 4.78 is 5.80. The second kappa shape index (κ2) is 6.61. The Morgan fingerprint density at radius 2 is 2.06 bits per heavy atom. The second-order valence-electron chi connectivity index (χ2n) is 5.71. The molecule has 16 heavy (non-hydrogen) atoms. The highest BCUT2D eigenvalue weighted by atomic mass is 16.5. The SMILES string of the molecule is CCCNC(CCC)C1CCOC(C)(C)C1. The molecule has 2 unspecified atom stereocenters. The largest absolute Gasteiger partial charge is 0.376 e. The van der Waals surface area contributed by atoms with Crippen LogP contribution in [0, 0.1) is 5.92 Å². The summed E-state index contributed by atoms with van der Waals surface area (Å²) in [7, 11) is 0. The van der Waals surface area contributed by atoms with Gasteiger partial charge in [0.25, 0.3) is 0 Å². The van der Waals surface area contributed by atoms with Crippen LogP contribution in [0.5, 0.6) is 0 Å². The van der Waals surface area contributed by atoms with Crippen LogP contribution in [-0.4, -0.2) is 24.8 Å².